The van der Waals surface area contributed by atoms with Crippen molar-refractivity contribution in [1.82, 2.24) is 5.32 Å². The molecule has 110 valence electrons. The van der Waals surface area contributed by atoms with E-state index in [2.05, 4.69) is 33.2 Å². The van der Waals surface area contributed by atoms with Crippen LogP contribution < -0.4 is 10.6 Å². The van der Waals surface area contributed by atoms with Crippen molar-refractivity contribution in [3.8, 4) is 0 Å². The zero-order valence-electron chi connectivity index (χ0n) is 11.4. The number of hydrogen-bond acceptors (Lipinski definition) is 2. The minimum Gasteiger partial charge on any atom is -0.375 e. The monoisotopic (exact) mass is 406 g/mol. The molecule has 2 N–H and O–H groups in total. The first-order valence-electron chi connectivity index (χ1n) is 7.13. The highest BCUT2D eigenvalue weighted by Gasteiger charge is 2.14. The number of carbonyl (C=O) groups is 1. The van der Waals surface area contributed by atoms with Crippen LogP contribution in [0.1, 0.15) is 38.5 Å². The Balaban J connectivity index is 1.79. The maximum atomic E-state index is 12.0. The summed E-state index contributed by atoms with van der Waals surface area (Å²) >= 11 is 8.34. The first-order valence-corrected chi connectivity index (χ1v) is 8.59. The number of amides is 1. The normalized spacial score (nSPS) is 16.5. The molecule has 0 aromatic heterocycles. The molecule has 0 aliphatic heterocycles. The quantitative estimate of drug-likeness (QED) is 0.581. The standard InChI is InChI=1S/C15H20ClIN2O/c16-13-9-11(17)7-8-14(13)18-10-15(20)19-12-5-3-1-2-4-6-12/h7-9,12,18H,1-6,10H2,(H,19,20). The van der Waals surface area contributed by atoms with Gasteiger partial charge in [0.05, 0.1) is 17.3 Å². The van der Waals surface area contributed by atoms with Gasteiger partial charge in [0, 0.05) is 9.61 Å². The van der Waals surface area contributed by atoms with Crippen molar-refractivity contribution in [2.75, 3.05) is 11.9 Å². The van der Waals surface area contributed by atoms with Crippen LogP contribution in [0.15, 0.2) is 18.2 Å². The summed E-state index contributed by atoms with van der Waals surface area (Å²) in [6.07, 6.45) is 7.25. The van der Waals surface area contributed by atoms with Crippen LogP contribution in [-0.4, -0.2) is 18.5 Å². The van der Waals surface area contributed by atoms with E-state index in [-0.39, 0.29) is 12.5 Å². The van der Waals surface area contributed by atoms with Crippen LogP contribution in [0.4, 0.5) is 5.69 Å². The fourth-order valence-electron chi connectivity index (χ4n) is 2.51. The molecule has 1 saturated carbocycles. The van der Waals surface area contributed by atoms with Gasteiger partial charge in [0.1, 0.15) is 0 Å². The summed E-state index contributed by atoms with van der Waals surface area (Å²) in [7, 11) is 0. The van der Waals surface area contributed by atoms with Crippen LogP contribution in [-0.2, 0) is 4.79 Å². The van der Waals surface area contributed by atoms with Gasteiger partial charge >= 0.3 is 0 Å². The highest BCUT2D eigenvalue weighted by Crippen LogP contribution is 2.23. The van der Waals surface area contributed by atoms with Gasteiger partial charge in [-0.25, -0.2) is 0 Å². The van der Waals surface area contributed by atoms with Gasteiger partial charge < -0.3 is 10.6 Å². The fraction of sp³-hybridized carbons (Fsp3) is 0.533. The van der Waals surface area contributed by atoms with Gasteiger partial charge in [-0.05, 0) is 53.6 Å². The van der Waals surface area contributed by atoms with Crippen molar-refractivity contribution in [3.63, 3.8) is 0 Å². The highest BCUT2D eigenvalue weighted by molar-refractivity contribution is 14.1. The third-order valence-corrected chi connectivity index (χ3v) is 4.57. The van der Waals surface area contributed by atoms with Crippen molar-refractivity contribution < 1.29 is 4.79 Å². The molecule has 0 spiro atoms. The molecule has 1 aromatic carbocycles. The Morgan fingerprint density at radius 2 is 1.95 bits per heavy atom. The lowest BCUT2D eigenvalue weighted by Gasteiger charge is -2.17. The second-order valence-corrected chi connectivity index (χ2v) is 6.89. The van der Waals surface area contributed by atoms with E-state index in [9.17, 15) is 4.79 Å². The molecule has 1 amide bonds. The first-order chi connectivity index (χ1) is 9.65. The van der Waals surface area contributed by atoms with Crippen LogP contribution >= 0.6 is 34.2 Å². The van der Waals surface area contributed by atoms with E-state index in [0.717, 1.165) is 22.1 Å². The third-order valence-electron chi connectivity index (χ3n) is 3.59. The molecular weight excluding hydrogens is 387 g/mol. The number of nitrogens with one attached hydrogen (secondary N) is 2. The van der Waals surface area contributed by atoms with Crippen molar-refractivity contribution in [3.05, 3.63) is 26.8 Å². The second kappa shape index (κ2) is 8.08. The molecule has 5 heteroatoms. The maximum absolute atomic E-state index is 12.0. The summed E-state index contributed by atoms with van der Waals surface area (Å²) in [4.78, 5) is 12.0. The van der Waals surface area contributed by atoms with E-state index in [1.54, 1.807) is 0 Å². The van der Waals surface area contributed by atoms with Crippen LogP contribution in [0, 0.1) is 3.57 Å². The molecule has 1 fully saturated rings. The zero-order valence-corrected chi connectivity index (χ0v) is 14.3. The molecule has 1 aliphatic carbocycles. The largest absolute Gasteiger partial charge is 0.375 e. The van der Waals surface area contributed by atoms with E-state index < -0.39 is 0 Å². The Morgan fingerprint density at radius 3 is 2.60 bits per heavy atom. The lowest BCUT2D eigenvalue weighted by Crippen LogP contribution is -2.38. The minimum absolute atomic E-state index is 0.0477. The number of benzene rings is 1. The van der Waals surface area contributed by atoms with Crippen LogP contribution in [0.5, 0.6) is 0 Å². The average molecular weight is 407 g/mol. The molecule has 2 rings (SSSR count). The van der Waals surface area contributed by atoms with E-state index in [0.29, 0.717) is 11.1 Å². The van der Waals surface area contributed by atoms with Gasteiger partial charge in [-0.3, -0.25) is 4.79 Å². The fourth-order valence-corrected chi connectivity index (χ4v) is 3.43. The lowest BCUT2D eigenvalue weighted by molar-refractivity contribution is -0.120. The second-order valence-electron chi connectivity index (χ2n) is 5.23. The van der Waals surface area contributed by atoms with E-state index in [4.69, 9.17) is 11.6 Å². The minimum atomic E-state index is 0.0477. The topological polar surface area (TPSA) is 41.1 Å². The summed E-state index contributed by atoms with van der Waals surface area (Å²) in [6.45, 7) is 0.275. The lowest BCUT2D eigenvalue weighted by atomic mass is 10.1. The molecule has 0 atom stereocenters. The predicted octanol–water partition coefficient (Wildman–Crippen LogP) is 4.20. The van der Waals surface area contributed by atoms with Gasteiger partial charge in [-0.15, -0.1) is 0 Å². The molecule has 0 bridgehead atoms. The van der Waals surface area contributed by atoms with Gasteiger partial charge in [-0.1, -0.05) is 37.3 Å². The predicted molar refractivity (Wildman–Crippen MR) is 92.3 cm³/mol. The Bertz CT molecular complexity index is 459. The molecule has 1 aromatic rings. The Kier molecular flexibility index (Phi) is 6.42. The molecule has 1 aliphatic rings. The smallest absolute Gasteiger partial charge is 0.239 e. The number of carbonyl (C=O) groups excluding carboxylic acids is 1. The molecule has 0 unspecified atom stereocenters. The molecular formula is C15H20ClIN2O. The van der Waals surface area contributed by atoms with Crippen molar-refractivity contribution in [1.29, 1.82) is 0 Å². The maximum Gasteiger partial charge on any atom is 0.239 e. The van der Waals surface area contributed by atoms with Gasteiger partial charge in [0.2, 0.25) is 5.91 Å². The third kappa shape index (κ3) is 5.13. The van der Waals surface area contributed by atoms with E-state index in [1.165, 1.54) is 25.7 Å². The van der Waals surface area contributed by atoms with Crippen LogP contribution in [0.3, 0.4) is 0 Å². The highest BCUT2D eigenvalue weighted by atomic mass is 127. The average Bonchev–Trinajstić information content (AvgIpc) is 2.66. The van der Waals surface area contributed by atoms with Crippen molar-refractivity contribution in [2.45, 2.75) is 44.6 Å². The number of rotatable bonds is 4. The number of hydrogen-bond donors (Lipinski definition) is 2. The Hall–Kier alpha value is -0.490. The Morgan fingerprint density at radius 1 is 1.25 bits per heavy atom. The summed E-state index contributed by atoms with van der Waals surface area (Å²) in [6, 6.07) is 6.10. The summed E-state index contributed by atoms with van der Waals surface area (Å²) in [5, 5.41) is 6.86. The molecule has 0 radical (unpaired) electrons. The van der Waals surface area contributed by atoms with Gasteiger partial charge in [-0.2, -0.15) is 0 Å². The molecule has 20 heavy (non-hydrogen) atoms. The Labute approximate surface area is 139 Å². The number of halogens is 2. The first kappa shape index (κ1) is 15.9. The van der Waals surface area contributed by atoms with Crippen LogP contribution in [0.25, 0.3) is 0 Å². The summed E-state index contributed by atoms with van der Waals surface area (Å²) < 4.78 is 1.08. The van der Waals surface area contributed by atoms with Crippen molar-refractivity contribution >= 4 is 45.8 Å². The van der Waals surface area contributed by atoms with Gasteiger partial charge in [0.25, 0.3) is 0 Å². The SMILES string of the molecule is O=C(CNc1ccc(I)cc1Cl)NC1CCCCCC1. The van der Waals surface area contributed by atoms with E-state index >= 15 is 0 Å². The zero-order chi connectivity index (χ0) is 14.4. The van der Waals surface area contributed by atoms with Crippen molar-refractivity contribution in [2.24, 2.45) is 0 Å². The number of anilines is 1. The summed E-state index contributed by atoms with van der Waals surface area (Å²) in [5.74, 6) is 0.0477. The molecule has 0 saturated heterocycles. The van der Waals surface area contributed by atoms with Gasteiger partial charge in [0.15, 0.2) is 0 Å². The molecule has 3 nitrogen and oxygen atoms in total. The summed E-state index contributed by atoms with van der Waals surface area (Å²) in [5.41, 5.74) is 0.808. The van der Waals surface area contributed by atoms with Crippen LogP contribution in [0.2, 0.25) is 5.02 Å². The molecule has 0 heterocycles. The van der Waals surface area contributed by atoms with E-state index in [1.807, 2.05) is 18.2 Å².